The summed E-state index contributed by atoms with van der Waals surface area (Å²) in [7, 11) is 0. The van der Waals surface area contributed by atoms with Crippen LogP contribution in [-0.4, -0.2) is 5.91 Å². The number of alkyl halides is 1. The molecule has 2 nitrogen and oxygen atoms in total. The average molecular weight is 399 g/mol. The lowest BCUT2D eigenvalue weighted by molar-refractivity contribution is -0.115. The second-order valence-corrected chi connectivity index (χ2v) is 6.45. The Morgan fingerprint density at radius 2 is 1.85 bits per heavy atom. The molecule has 1 unspecified atom stereocenters. The van der Waals surface area contributed by atoms with Crippen LogP contribution in [-0.2, 0) is 11.2 Å². The Morgan fingerprint density at radius 1 is 1.15 bits per heavy atom. The number of rotatable bonds is 2. The Balaban J connectivity index is 1.94. The van der Waals surface area contributed by atoms with E-state index in [4.69, 9.17) is 0 Å². The van der Waals surface area contributed by atoms with Gasteiger partial charge >= 0.3 is 0 Å². The Labute approximate surface area is 132 Å². The number of anilines is 1. The fourth-order valence-electron chi connectivity index (χ4n) is 2.27. The summed E-state index contributed by atoms with van der Waals surface area (Å²) < 4.78 is 13.7. The average Bonchev–Trinajstić information content (AvgIpc) is 2.80. The first-order chi connectivity index (χ1) is 9.54. The lowest BCUT2D eigenvalue weighted by Crippen LogP contribution is -2.03. The molecule has 0 saturated heterocycles. The van der Waals surface area contributed by atoms with Crippen molar-refractivity contribution in [3.8, 4) is 0 Å². The molecule has 1 aliphatic heterocycles. The fourth-order valence-corrected chi connectivity index (χ4v) is 3.24. The van der Waals surface area contributed by atoms with Crippen molar-refractivity contribution in [1.29, 1.82) is 0 Å². The summed E-state index contributed by atoms with van der Waals surface area (Å²) in [5.74, 6) is -0.259. The normalized spacial score (nSPS) is 14.8. The lowest BCUT2D eigenvalue weighted by Gasteiger charge is -2.12. The second-order valence-electron chi connectivity index (χ2n) is 4.68. The zero-order valence-electron chi connectivity index (χ0n) is 10.3. The first kappa shape index (κ1) is 13.8. The SMILES string of the molecule is O=C1Cc2cc(C(Br)c3ccc(F)c(Br)c3)ccc2N1. The van der Waals surface area contributed by atoms with Crippen LogP contribution < -0.4 is 5.32 Å². The van der Waals surface area contributed by atoms with E-state index >= 15 is 0 Å². The van der Waals surface area contributed by atoms with Crippen molar-refractivity contribution in [2.45, 2.75) is 11.2 Å². The summed E-state index contributed by atoms with van der Waals surface area (Å²) in [6, 6.07) is 10.8. The third-order valence-electron chi connectivity index (χ3n) is 3.28. The van der Waals surface area contributed by atoms with Gasteiger partial charge in [0.1, 0.15) is 5.82 Å². The van der Waals surface area contributed by atoms with Crippen LogP contribution in [0.3, 0.4) is 0 Å². The van der Waals surface area contributed by atoms with Gasteiger partial charge in [-0.05, 0) is 50.8 Å². The highest BCUT2D eigenvalue weighted by Crippen LogP contribution is 2.35. The Bertz CT molecular complexity index is 702. The molecule has 2 aromatic rings. The van der Waals surface area contributed by atoms with E-state index in [9.17, 15) is 9.18 Å². The van der Waals surface area contributed by atoms with E-state index in [1.807, 2.05) is 18.2 Å². The highest BCUT2D eigenvalue weighted by atomic mass is 79.9. The van der Waals surface area contributed by atoms with Crippen LogP contribution in [0.25, 0.3) is 0 Å². The van der Waals surface area contributed by atoms with Gasteiger partial charge in [-0.25, -0.2) is 4.39 Å². The molecule has 3 rings (SSSR count). The van der Waals surface area contributed by atoms with E-state index in [0.717, 1.165) is 22.4 Å². The first-order valence-corrected chi connectivity index (χ1v) is 7.77. The smallest absolute Gasteiger partial charge is 0.228 e. The van der Waals surface area contributed by atoms with Crippen molar-refractivity contribution in [3.05, 3.63) is 63.4 Å². The van der Waals surface area contributed by atoms with Crippen LogP contribution in [0.1, 0.15) is 21.5 Å². The molecule has 0 fully saturated rings. The van der Waals surface area contributed by atoms with E-state index < -0.39 is 0 Å². The second kappa shape index (κ2) is 5.30. The summed E-state index contributed by atoms with van der Waals surface area (Å²) in [6.45, 7) is 0. The predicted octanol–water partition coefficient (Wildman–Crippen LogP) is 4.57. The van der Waals surface area contributed by atoms with Gasteiger partial charge in [-0.1, -0.05) is 34.1 Å². The van der Waals surface area contributed by atoms with Crippen molar-refractivity contribution in [1.82, 2.24) is 0 Å². The summed E-state index contributed by atoms with van der Waals surface area (Å²) in [4.78, 5) is 11.3. The number of carbonyl (C=O) groups excluding carboxylic acids is 1. The van der Waals surface area contributed by atoms with Gasteiger partial charge < -0.3 is 5.32 Å². The van der Waals surface area contributed by atoms with Gasteiger partial charge in [0, 0.05) is 5.69 Å². The molecule has 20 heavy (non-hydrogen) atoms. The number of nitrogens with one attached hydrogen (secondary N) is 1. The quantitative estimate of drug-likeness (QED) is 0.737. The zero-order chi connectivity index (χ0) is 14.3. The largest absolute Gasteiger partial charge is 0.326 e. The van der Waals surface area contributed by atoms with Gasteiger partial charge in [0.15, 0.2) is 0 Å². The summed E-state index contributed by atoms with van der Waals surface area (Å²) in [5.41, 5.74) is 3.87. The molecule has 0 saturated carbocycles. The van der Waals surface area contributed by atoms with Crippen LogP contribution >= 0.6 is 31.9 Å². The van der Waals surface area contributed by atoms with Gasteiger partial charge in [0.2, 0.25) is 5.91 Å². The number of halogens is 3. The number of fused-ring (bicyclic) bond motifs is 1. The van der Waals surface area contributed by atoms with Gasteiger partial charge in [-0.15, -0.1) is 0 Å². The molecule has 2 aromatic carbocycles. The van der Waals surface area contributed by atoms with Crippen LogP contribution in [0.5, 0.6) is 0 Å². The van der Waals surface area contributed by atoms with E-state index in [1.165, 1.54) is 6.07 Å². The third-order valence-corrected chi connectivity index (χ3v) is 4.95. The molecule has 0 aromatic heterocycles. The Kier molecular flexibility index (Phi) is 3.65. The van der Waals surface area contributed by atoms with Crippen molar-refractivity contribution < 1.29 is 9.18 Å². The van der Waals surface area contributed by atoms with Gasteiger partial charge in [-0.3, -0.25) is 4.79 Å². The highest BCUT2D eigenvalue weighted by molar-refractivity contribution is 9.10. The molecule has 5 heteroatoms. The molecule has 1 atom stereocenters. The highest BCUT2D eigenvalue weighted by Gasteiger charge is 2.20. The Morgan fingerprint density at radius 3 is 2.60 bits per heavy atom. The van der Waals surface area contributed by atoms with Crippen LogP contribution in [0, 0.1) is 5.82 Å². The zero-order valence-corrected chi connectivity index (χ0v) is 13.5. The molecule has 0 bridgehead atoms. The standard InChI is InChI=1S/C15H10Br2FNO/c16-11-6-9(1-3-12(11)18)15(17)8-2-4-13-10(5-8)7-14(20)19-13/h1-6,15H,7H2,(H,19,20). The maximum absolute atomic E-state index is 13.3. The minimum Gasteiger partial charge on any atom is -0.326 e. The van der Waals surface area contributed by atoms with Gasteiger partial charge in [0.05, 0.1) is 15.7 Å². The number of hydrogen-bond acceptors (Lipinski definition) is 1. The van der Waals surface area contributed by atoms with E-state index in [1.54, 1.807) is 12.1 Å². The molecule has 102 valence electrons. The van der Waals surface area contributed by atoms with Crippen LogP contribution in [0.2, 0.25) is 0 Å². The maximum atomic E-state index is 13.3. The molecular weight excluding hydrogens is 389 g/mol. The number of carbonyl (C=O) groups is 1. The maximum Gasteiger partial charge on any atom is 0.228 e. The minimum atomic E-state index is -0.280. The summed E-state index contributed by atoms with van der Waals surface area (Å²) in [6.07, 6.45) is 0.413. The van der Waals surface area contributed by atoms with Crippen molar-refractivity contribution in [2.24, 2.45) is 0 Å². The van der Waals surface area contributed by atoms with E-state index in [2.05, 4.69) is 37.2 Å². The number of benzene rings is 2. The van der Waals surface area contributed by atoms with Crippen LogP contribution in [0.4, 0.5) is 10.1 Å². The molecular formula is C15H10Br2FNO. The summed E-state index contributed by atoms with van der Waals surface area (Å²) >= 11 is 6.82. The monoisotopic (exact) mass is 397 g/mol. The van der Waals surface area contributed by atoms with Crippen LogP contribution in [0.15, 0.2) is 40.9 Å². The third kappa shape index (κ3) is 2.52. The molecule has 0 radical (unpaired) electrons. The molecule has 1 N–H and O–H groups in total. The predicted molar refractivity (Wildman–Crippen MR) is 83.6 cm³/mol. The lowest BCUT2D eigenvalue weighted by atomic mass is 10.0. The minimum absolute atomic E-state index is 0.0211. The first-order valence-electron chi connectivity index (χ1n) is 6.06. The molecule has 0 spiro atoms. The topological polar surface area (TPSA) is 29.1 Å². The Hall–Kier alpha value is -1.20. The van der Waals surface area contributed by atoms with Crippen molar-refractivity contribution in [3.63, 3.8) is 0 Å². The fraction of sp³-hybridized carbons (Fsp3) is 0.133. The number of amides is 1. The molecule has 1 amide bonds. The molecule has 0 aliphatic carbocycles. The van der Waals surface area contributed by atoms with E-state index in [-0.39, 0.29) is 16.6 Å². The number of hydrogen-bond donors (Lipinski definition) is 1. The summed E-state index contributed by atoms with van der Waals surface area (Å²) in [5, 5.41) is 2.81. The van der Waals surface area contributed by atoms with E-state index in [0.29, 0.717) is 10.9 Å². The van der Waals surface area contributed by atoms with Crippen molar-refractivity contribution >= 4 is 43.5 Å². The van der Waals surface area contributed by atoms with Gasteiger partial charge in [-0.2, -0.15) is 0 Å². The molecule has 1 heterocycles. The molecule has 1 aliphatic rings. The van der Waals surface area contributed by atoms with Crippen molar-refractivity contribution in [2.75, 3.05) is 5.32 Å². The van der Waals surface area contributed by atoms with Gasteiger partial charge in [0.25, 0.3) is 0 Å².